The first-order valence-corrected chi connectivity index (χ1v) is 3.36. The lowest BCUT2D eigenvalue weighted by Gasteiger charge is -1.86. The maximum Gasteiger partial charge on any atom is 0.0809 e. The molecule has 0 bridgehead atoms. The number of aromatic nitrogens is 2. The van der Waals surface area contributed by atoms with Gasteiger partial charge in [-0.25, -0.2) is 0 Å². The van der Waals surface area contributed by atoms with Crippen molar-refractivity contribution in [3.63, 3.8) is 0 Å². The molecular formula is C8H10N2. The van der Waals surface area contributed by atoms with Gasteiger partial charge in [-0.3, -0.25) is 9.97 Å². The second-order valence-electron chi connectivity index (χ2n) is 1.94. The van der Waals surface area contributed by atoms with Gasteiger partial charge in [0, 0.05) is 12.4 Å². The first-order valence-electron chi connectivity index (χ1n) is 3.36. The molecule has 52 valence electrons. The maximum absolute atomic E-state index is 4.07. The Morgan fingerprint density at radius 3 is 3.00 bits per heavy atom. The van der Waals surface area contributed by atoms with Crippen LogP contribution in [-0.4, -0.2) is 9.97 Å². The van der Waals surface area contributed by atoms with Crippen molar-refractivity contribution in [3.8, 4) is 0 Å². The average molecular weight is 134 g/mol. The van der Waals surface area contributed by atoms with Gasteiger partial charge in [-0.15, -0.1) is 0 Å². The van der Waals surface area contributed by atoms with Gasteiger partial charge in [0.15, 0.2) is 0 Å². The molecule has 0 unspecified atom stereocenters. The number of rotatable bonds is 2. The monoisotopic (exact) mass is 134 g/mol. The van der Waals surface area contributed by atoms with E-state index in [0.717, 1.165) is 12.1 Å². The Morgan fingerprint density at radius 2 is 2.40 bits per heavy atom. The largest absolute Gasteiger partial charge is 0.261 e. The lowest BCUT2D eigenvalue weighted by molar-refractivity contribution is 1.17. The van der Waals surface area contributed by atoms with Crippen LogP contribution in [-0.2, 0) is 0 Å². The molecule has 0 saturated carbocycles. The Labute approximate surface area is 60.6 Å². The quantitative estimate of drug-likeness (QED) is 0.617. The van der Waals surface area contributed by atoms with Crippen LogP contribution < -0.4 is 0 Å². The van der Waals surface area contributed by atoms with Gasteiger partial charge >= 0.3 is 0 Å². The zero-order chi connectivity index (χ0) is 7.23. The molecule has 0 aliphatic heterocycles. The molecule has 0 aromatic carbocycles. The molecule has 0 amide bonds. The van der Waals surface area contributed by atoms with Crippen molar-refractivity contribution in [3.05, 3.63) is 30.4 Å². The Kier molecular flexibility index (Phi) is 2.62. The summed E-state index contributed by atoms with van der Waals surface area (Å²) in [5.41, 5.74) is 0.921. The summed E-state index contributed by atoms with van der Waals surface area (Å²) in [6.07, 6.45) is 10.2. The van der Waals surface area contributed by atoms with E-state index in [9.17, 15) is 0 Å². The first kappa shape index (κ1) is 6.93. The molecule has 0 atom stereocenters. The molecule has 1 aromatic rings. The lowest BCUT2D eigenvalue weighted by Crippen LogP contribution is -1.79. The second kappa shape index (κ2) is 3.77. The van der Waals surface area contributed by atoms with Crippen LogP contribution in [0.15, 0.2) is 24.7 Å². The zero-order valence-electron chi connectivity index (χ0n) is 5.99. The minimum atomic E-state index is 0.921. The number of hydrogen-bond donors (Lipinski definition) is 0. The molecule has 0 aliphatic rings. The highest BCUT2D eigenvalue weighted by molar-refractivity contribution is 5.41. The Balaban J connectivity index is 2.67. The van der Waals surface area contributed by atoms with E-state index >= 15 is 0 Å². The number of nitrogens with zero attached hydrogens (tertiary/aromatic N) is 2. The molecule has 0 aliphatic carbocycles. The fraction of sp³-hybridized carbons (Fsp3) is 0.250. The summed E-state index contributed by atoms with van der Waals surface area (Å²) in [6, 6.07) is 0. The van der Waals surface area contributed by atoms with Crippen molar-refractivity contribution in [1.29, 1.82) is 0 Å². The van der Waals surface area contributed by atoms with E-state index in [1.807, 2.05) is 6.08 Å². The van der Waals surface area contributed by atoms with Gasteiger partial charge in [-0.05, 0) is 12.5 Å². The fourth-order valence-electron chi connectivity index (χ4n) is 0.635. The molecule has 0 saturated heterocycles. The van der Waals surface area contributed by atoms with E-state index in [4.69, 9.17) is 0 Å². The standard InChI is InChI=1S/C8H10N2/c1-2-3-4-8-7-9-5-6-10-8/h3-7H,2H2,1H3/b4-3+. The van der Waals surface area contributed by atoms with Crippen LogP contribution in [0.2, 0.25) is 0 Å². The Bertz CT molecular complexity index is 204. The van der Waals surface area contributed by atoms with Gasteiger partial charge in [0.2, 0.25) is 0 Å². The molecule has 0 radical (unpaired) electrons. The van der Waals surface area contributed by atoms with Crippen molar-refractivity contribution in [2.24, 2.45) is 0 Å². The normalized spacial score (nSPS) is 10.5. The van der Waals surface area contributed by atoms with Gasteiger partial charge in [0.1, 0.15) is 0 Å². The third-order valence-corrected chi connectivity index (χ3v) is 1.11. The SMILES string of the molecule is CC/C=C/c1cnccn1. The molecule has 1 rings (SSSR count). The van der Waals surface area contributed by atoms with E-state index in [0.29, 0.717) is 0 Å². The van der Waals surface area contributed by atoms with E-state index in [2.05, 4.69) is 23.0 Å². The summed E-state index contributed by atoms with van der Waals surface area (Å²) in [5, 5.41) is 0. The highest BCUT2D eigenvalue weighted by atomic mass is 14.7. The van der Waals surface area contributed by atoms with Crippen LogP contribution in [0.4, 0.5) is 0 Å². The number of hydrogen-bond acceptors (Lipinski definition) is 2. The lowest BCUT2D eigenvalue weighted by atomic mass is 10.3. The fourth-order valence-corrected chi connectivity index (χ4v) is 0.635. The summed E-state index contributed by atoms with van der Waals surface area (Å²) in [4.78, 5) is 7.99. The second-order valence-corrected chi connectivity index (χ2v) is 1.94. The predicted molar refractivity (Wildman–Crippen MR) is 41.4 cm³/mol. The van der Waals surface area contributed by atoms with Crippen molar-refractivity contribution in [2.75, 3.05) is 0 Å². The van der Waals surface area contributed by atoms with Gasteiger partial charge in [0.25, 0.3) is 0 Å². The average Bonchev–Trinajstić information content (AvgIpc) is 2.03. The third-order valence-electron chi connectivity index (χ3n) is 1.11. The van der Waals surface area contributed by atoms with E-state index < -0.39 is 0 Å². The van der Waals surface area contributed by atoms with Crippen molar-refractivity contribution < 1.29 is 0 Å². The molecule has 0 N–H and O–H groups in total. The third kappa shape index (κ3) is 1.97. The van der Waals surface area contributed by atoms with Crippen LogP contribution in [0.3, 0.4) is 0 Å². The van der Waals surface area contributed by atoms with E-state index in [-0.39, 0.29) is 0 Å². The summed E-state index contributed by atoms with van der Waals surface area (Å²) < 4.78 is 0. The molecule has 0 spiro atoms. The smallest absolute Gasteiger partial charge is 0.0809 e. The van der Waals surface area contributed by atoms with Crippen molar-refractivity contribution in [1.82, 2.24) is 9.97 Å². The summed E-state index contributed by atoms with van der Waals surface area (Å²) in [6.45, 7) is 2.09. The summed E-state index contributed by atoms with van der Waals surface area (Å²) >= 11 is 0. The molecule has 2 heteroatoms. The Morgan fingerprint density at radius 1 is 1.50 bits per heavy atom. The zero-order valence-corrected chi connectivity index (χ0v) is 5.99. The van der Waals surface area contributed by atoms with Crippen LogP contribution >= 0.6 is 0 Å². The molecule has 1 heterocycles. The number of allylic oxidation sites excluding steroid dienone is 1. The molecule has 0 fully saturated rings. The maximum atomic E-state index is 4.07. The summed E-state index contributed by atoms with van der Waals surface area (Å²) in [5.74, 6) is 0. The first-order chi connectivity index (χ1) is 4.93. The summed E-state index contributed by atoms with van der Waals surface area (Å²) in [7, 11) is 0. The van der Waals surface area contributed by atoms with Crippen LogP contribution in [0.5, 0.6) is 0 Å². The van der Waals surface area contributed by atoms with Crippen molar-refractivity contribution >= 4 is 6.08 Å². The van der Waals surface area contributed by atoms with Gasteiger partial charge < -0.3 is 0 Å². The molecule has 1 aromatic heterocycles. The highest BCUT2D eigenvalue weighted by Gasteiger charge is 1.81. The van der Waals surface area contributed by atoms with Crippen LogP contribution in [0.1, 0.15) is 19.0 Å². The van der Waals surface area contributed by atoms with Gasteiger partial charge in [-0.1, -0.05) is 13.0 Å². The molecule has 2 nitrogen and oxygen atoms in total. The van der Waals surface area contributed by atoms with Crippen LogP contribution in [0, 0.1) is 0 Å². The van der Waals surface area contributed by atoms with E-state index in [1.54, 1.807) is 18.6 Å². The van der Waals surface area contributed by atoms with Crippen LogP contribution in [0.25, 0.3) is 6.08 Å². The topological polar surface area (TPSA) is 25.8 Å². The minimum absolute atomic E-state index is 0.921. The highest BCUT2D eigenvalue weighted by Crippen LogP contribution is 1.93. The molecule has 10 heavy (non-hydrogen) atoms. The van der Waals surface area contributed by atoms with E-state index in [1.165, 1.54) is 0 Å². The predicted octanol–water partition coefficient (Wildman–Crippen LogP) is 1.90. The Hall–Kier alpha value is -1.18. The van der Waals surface area contributed by atoms with Gasteiger partial charge in [0.05, 0.1) is 11.9 Å². The van der Waals surface area contributed by atoms with Crippen molar-refractivity contribution in [2.45, 2.75) is 13.3 Å². The molecular weight excluding hydrogens is 124 g/mol. The minimum Gasteiger partial charge on any atom is -0.261 e. The van der Waals surface area contributed by atoms with Gasteiger partial charge in [-0.2, -0.15) is 0 Å².